The summed E-state index contributed by atoms with van der Waals surface area (Å²) in [5, 5.41) is 21.5. The topological polar surface area (TPSA) is 89.5 Å². The van der Waals surface area contributed by atoms with E-state index in [0.29, 0.717) is 17.9 Å². The van der Waals surface area contributed by atoms with Crippen molar-refractivity contribution in [1.29, 1.82) is 0 Å². The smallest absolute Gasteiger partial charge is 0.119 e. The molecule has 20 heavy (non-hydrogen) atoms. The van der Waals surface area contributed by atoms with E-state index in [9.17, 15) is 19.8 Å². The summed E-state index contributed by atoms with van der Waals surface area (Å²) in [6.45, 7) is 2.71. The predicted octanol–water partition coefficient (Wildman–Crippen LogP) is 0.229. The number of benzene rings is 1. The van der Waals surface area contributed by atoms with E-state index >= 15 is 0 Å². The van der Waals surface area contributed by atoms with Gasteiger partial charge >= 0.3 is 0 Å². The minimum atomic E-state index is -1.43. The third kappa shape index (κ3) is 5.30. The second kappa shape index (κ2) is 8.19. The first-order chi connectivity index (χ1) is 9.54. The summed E-state index contributed by atoms with van der Waals surface area (Å²) in [5.74, 6) is -3.41. The molecule has 1 aromatic carbocycles. The van der Waals surface area contributed by atoms with Gasteiger partial charge in [-0.1, -0.05) is 31.9 Å². The molecular weight excluding hydrogens is 260 g/mol. The van der Waals surface area contributed by atoms with Crippen LogP contribution in [-0.4, -0.2) is 18.5 Å². The highest BCUT2D eigenvalue weighted by molar-refractivity contribution is 5.80. The van der Waals surface area contributed by atoms with Crippen molar-refractivity contribution in [3.63, 3.8) is 0 Å². The Morgan fingerprint density at radius 2 is 1.80 bits per heavy atom. The van der Waals surface area contributed by atoms with Crippen molar-refractivity contribution in [1.82, 2.24) is 0 Å². The molecule has 0 saturated heterocycles. The van der Waals surface area contributed by atoms with Gasteiger partial charge in [0.15, 0.2) is 0 Å². The average molecular weight is 278 g/mol. The van der Waals surface area contributed by atoms with Gasteiger partial charge in [0.2, 0.25) is 0 Å². The van der Waals surface area contributed by atoms with Gasteiger partial charge in [0.1, 0.15) is 5.75 Å². The van der Waals surface area contributed by atoms with E-state index in [4.69, 9.17) is 4.74 Å². The van der Waals surface area contributed by atoms with Crippen molar-refractivity contribution in [2.24, 2.45) is 0 Å². The number of carbonyl (C=O) groups excluding carboxylic acids is 2. The maximum Gasteiger partial charge on any atom is 0.119 e. The number of unbranched alkanes of at least 4 members (excludes halogenated alkanes) is 2. The number of ether oxygens (including phenoxy) is 1. The zero-order chi connectivity index (χ0) is 15.0. The molecule has 0 aliphatic rings. The summed E-state index contributed by atoms with van der Waals surface area (Å²) in [7, 11) is 0. The number of carboxylic acid groups (broad SMARTS) is 2. The molecule has 0 heterocycles. The van der Waals surface area contributed by atoms with Crippen LogP contribution in [0.15, 0.2) is 24.3 Å². The maximum absolute atomic E-state index is 10.9. The quantitative estimate of drug-likeness (QED) is 0.603. The molecule has 0 aliphatic heterocycles. The van der Waals surface area contributed by atoms with E-state index in [1.54, 1.807) is 24.3 Å². The zero-order valence-corrected chi connectivity index (χ0v) is 11.5. The van der Waals surface area contributed by atoms with Crippen LogP contribution >= 0.6 is 0 Å². The van der Waals surface area contributed by atoms with Crippen LogP contribution in [0.4, 0.5) is 0 Å². The minimum absolute atomic E-state index is 0.370. The number of rotatable bonds is 9. The lowest BCUT2D eigenvalue weighted by molar-refractivity contribution is -0.317. The van der Waals surface area contributed by atoms with Gasteiger partial charge in [0.05, 0.1) is 6.61 Å². The predicted molar refractivity (Wildman–Crippen MR) is 68.8 cm³/mol. The SMILES string of the molecule is CCCCCOc1ccc([C@@H](CC(=O)[O-])C(=O)[O-])cc1. The fourth-order valence-electron chi connectivity index (χ4n) is 1.84. The molecule has 0 unspecified atom stereocenters. The molecule has 0 saturated carbocycles. The lowest BCUT2D eigenvalue weighted by Crippen LogP contribution is -2.34. The molecule has 0 radical (unpaired) electrons. The fraction of sp³-hybridized carbons (Fsp3) is 0.467. The Morgan fingerprint density at radius 3 is 2.30 bits per heavy atom. The van der Waals surface area contributed by atoms with Crippen molar-refractivity contribution in [3.8, 4) is 5.75 Å². The van der Waals surface area contributed by atoms with Crippen LogP contribution in [0.2, 0.25) is 0 Å². The van der Waals surface area contributed by atoms with Gasteiger partial charge in [-0.2, -0.15) is 0 Å². The van der Waals surface area contributed by atoms with Crippen molar-refractivity contribution in [3.05, 3.63) is 29.8 Å². The third-order valence-electron chi connectivity index (χ3n) is 2.95. The molecule has 1 atom stereocenters. The van der Waals surface area contributed by atoms with Crippen molar-refractivity contribution < 1.29 is 24.5 Å². The minimum Gasteiger partial charge on any atom is -0.550 e. The fourth-order valence-corrected chi connectivity index (χ4v) is 1.84. The molecular formula is C15H18O5-2. The van der Waals surface area contributed by atoms with Gasteiger partial charge in [-0.15, -0.1) is 0 Å². The van der Waals surface area contributed by atoms with Crippen LogP contribution in [0, 0.1) is 0 Å². The van der Waals surface area contributed by atoms with Gasteiger partial charge in [0, 0.05) is 17.9 Å². The molecule has 0 bridgehead atoms. The largest absolute Gasteiger partial charge is 0.550 e. The van der Waals surface area contributed by atoms with E-state index < -0.39 is 24.3 Å². The van der Waals surface area contributed by atoms with Gasteiger partial charge in [-0.05, 0) is 30.5 Å². The van der Waals surface area contributed by atoms with Gasteiger partial charge < -0.3 is 24.5 Å². The van der Waals surface area contributed by atoms with E-state index in [1.807, 2.05) is 0 Å². The highest BCUT2D eigenvalue weighted by atomic mass is 16.5. The van der Waals surface area contributed by atoms with Crippen molar-refractivity contribution in [2.45, 2.75) is 38.5 Å². The van der Waals surface area contributed by atoms with Gasteiger partial charge in [-0.3, -0.25) is 0 Å². The van der Waals surface area contributed by atoms with Crippen LogP contribution in [0.25, 0.3) is 0 Å². The van der Waals surface area contributed by atoms with E-state index in [0.717, 1.165) is 19.3 Å². The van der Waals surface area contributed by atoms with Crippen LogP contribution in [-0.2, 0) is 9.59 Å². The lowest BCUT2D eigenvalue weighted by Gasteiger charge is -2.19. The van der Waals surface area contributed by atoms with Crippen molar-refractivity contribution >= 4 is 11.9 Å². The molecule has 0 aromatic heterocycles. The molecule has 0 amide bonds. The van der Waals surface area contributed by atoms with Crippen LogP contribution in [0.3, 0.4) is 0 Å². The molecule has 5 heteroatoms. The summed E-state index contributed by atoms with van der Waals surface area (Å²) >= 11 is 0. The zero-order valence-electron chi connectivity index (χ0n) is 11.5. The number of aliphatic carboxylic acids is 2. The maximum atomic E-state index is 10.9. The van der Waals surface area contributed by atoms with Gasteiger partial charge in [0.25, 0.3) is 0 Å². The summed E-state index contributed by atoms with van der Waals surface area (Å²) in [4.78, 5) is 21.5. The van der Waals surface area contributed by atoms with Crippen molar-refractivity contribution in [2.75, 3.05) is 6.61 Å². The summed E-state index contributed by atoms with van der Waals surface area (Å²) in [6.07, 6.45) is 2.57. The molecule has 110 valence electrons. The highest BCUT2D eigenvalue weighted by Crippen LogP contribution is 2.22. The van der Waals surface area contributed by atoms with Gasteiger partial charge in [-0.25, -0.2) is 0 Å². The van der Waals surface area contributed by atoms with E-state index in [-0.39, 0.29) is 0 Å². The monoisotopic (exact) mass is 278 g/mol. The summed E-state index contributed by atoms with van der Waals surface area (Å²) in [6, 6.07) is 6.34. The normalized spacial score (nSPS) is 11.8. The third-order valence-corrected chi connectivity index (χ3v) is 2.95. The molecule has 0 spiro atoms. The Morgan fingerprint density at radius 1 is 1.15 bits per heavy atom. The second-order valence-corrected chi connectivity index (χ2v) is 4.57. The first-order valence-corrected chi connectivity index (χ1v) is 6.68. The highest BCUT2D eigenvalue weighted by Gasteiger charge is 2.13. The molecule has 0 fully saturated rings. The Hall–Kier alpha value is -2.04. The number of carbonyl (C=O) groups is 2. The van der Waals surface area contributed by atoms with E-state index in [2.05, 4.69) is 6.92 Å². The number of carboxylic acids is 2. The number of hydrogen-bond acceptors (Lipinski definition) is 5. The molecule has 0 aliphatic carbocycles. The Bertz CT molecular complexity index is 438. The number of hydrogen-bond donors (Lipinski definition) is 0. The average Bonchev–Trinajstić information content (AvgIpc) is 2.41. The molecule has 0 N–H and O–H groups in total. The van der Waals surface area contributed by atoms with Crippen LogP contribution in [0.1, 0.15) is 44.1 Å². The van der Waals surface area contributed by atoms with E-state index in [1.165, 1.54) is 0 Å². The van der Waals surface area contributed by atoms with Crippen LogP contribution in [0.5, 0.6) is 5.75 Å². The molecule has 5 nitrogen and oxygen atoms in total. The second-order valence-electron chi connectivity index (χ2n) is 4.57. The summed E-state index contributed by atoms with van der Waals surface area (Å²) < 4.78 is 5.49. The first-order valence-electron chi connectivity index (χ1n) is 6.68. The van der Waals surface area contributed by atoms with Crippen LogP contribution < -0.4 is 14.9 Å². The molecule has 1 rings (SSSR count). The summed E-state index contributed by atoms with van der Waals surface area (Å²) in [5.41, 5.74) is 0.370. The lowest BCUT2D eigenvalue weighted by atomic mass is 9.96. The Balaban J connectivity index is 2.63. The standard InChI is InChI=1S/C15H20O5/c1-2-3-4-9-20-12-7-5-11(6-8-12)13(15(18)19)10-14(16)17/h5-8,13H,2-4,9-10H2,1H3,(H,16,17)(H,18,19)/p-2/t13-/m1/s1. The molecule has 1 aromatic rings. The Labute approximate surface area is 118 Å². The first kappa shape index (κ1) is 16.0. The Kier molecular flexibility index (Phi) is 6.56.